The Balaban J connectivity index is 3.11. The summed E-state index contributed by atoms with van der Waals surface area (Å²) in [5, 5.41) is 0. The molecule has 1 rings (SSSR count). The minimum Gasteiger partial charge on any atom is -0.241 e. The standard InChI is InChI=1S/C9H10N2/c1-3-8-6-5-7-11-9(8)10-4-2/h3-7H,1H2,2H3. The van der Waals surface area contributed by atoms with E-state index in [0.29, 0.717) is 0 Å². The van der Waals surface area contributed by atoms with Gasteiger partial charge in [-0.25, -0.2) is 9.98 Å². The number of hydrogen-bond acceptors (Lipinski definition) is 2. The summed E-state index contributed by atoms with van der Waals surface area (Å²) in [7, 11) is 0. The molecular weight excluding hydrogens is 136 g/mol. The maximum absolute atomic E-state index is 4.07. The molecule has 56 valence electrons. The van der Waals surface area contributed by atoms with Crippen LogP contribution in [0.25, 0.3) is 6.08 Å². The van der Waals surface area contributed by atoms with Crippen LogP contribution in [-0.4, -0.2) is 11.2 Å². The minimum atomic E-state index is 0.727. The highest BCUT2D eigenvalue weighted by atomic mass is 14.9. The lowest BCUT2D eigenvalue weighted by Gasteiger charge is -1.95. The number of pyridine rings is 1. The first-order valence-corrected chi connectivity index (χ1v) is 3.44. The van der Waals surface area contributed by atoms with Crippen molar-refractivity contribution in [1.29, 1.82) is 0 Å². The summed E-state index contributed by atoms with van der Waals surface area (Å²) in [6.45, 7) is 5.52. The SMILES string of the molecule is C=Cc1cccnc1N=CC. The van der Waals surface area contributed by atoms with Crippen LogP contribution in [0.1, 0.15) is 12.5 Å². The zero-order valence-electron chi connectivity index (χ0n) is 6.49. The summed E-state index contributed by atoms with van der Waals surface area (Å²) in [6, 6.07) is 3.80. The molecule has 0 fully saturated rings. The molecule has 0 aliphatic rings. The molecule has 0 N–H and O–H groups in total. The van der Waals surface area contributed by atoms with Crippen molar-refractivity contribution in [3.63, 3.8) is 0 Å². The van der Waals surface area contributed by atoms with Crippen molar-refractivity contribution in [3.05, 3.63) is 30.5 Å². The molecule has 11 heavy (non-hydrogen) atoms. The van der Waals surface area contributed by atoms with Crippen LogP contribution in [0.5, 0.6) is 0 Å². The highest BCUT2D eigenvalue weighted by Crippen LogP contribution is 2.14. The van der Waals surface area contributed by atoms with E-state index in [1.54, 1.807) is 18.5 Å². The lowest BCUT2D eigenvalue weighted by Crippen LogP contribution is -1.77. The highest BCUT2D eigenvalue weighted by molar-refractivity contribution is 5.65. The number of nitrogens with zero attached hydrogens (tertiary/aromatic N) is 2. The van der Waals surface area contributed by atoms with Gasteiger partial charge in [-0.05, 0) is 19.1 Å². The second-order valence-corrected chi connectivity index (χ2v) is 2.01. The van der Waals surface area contributed by atoms with E-state index in [4.69, 9.17) is 0 Å². The van der Waals surface area contributed by atoms with E-state index in [-0.39, 0.29) is 0 Å². The largest absolute Gasteiger partial charge is 0.241 e. The van der Waals surface area contributed by atoms with Gasteiger partial charge >= 0.3 is 0 Å². The molecule has 1 aromatic rings. The van der Waals surface area contributed by atoms with Crippen LogP contribution in [0.2, 0.25) is 0 Å². The molecule has 0 radical (unpaired) electrons. The Morgan fingerprint density at radius 2 is 2.45 bits per heavy atom. The fourth-order valence-electron chi connectivity index (χ4n) is 0.799. The average molecular weight is 146 g/mol. The molecular formula is C9H10N2. The third kappa shape index (κ3) is 1.74. The second kappa shape index (κ2) is 3.66. The Morgan fingerprint density at radius 1 is 1.64 bits per heavy atom. The lowest BCUT2D eigenvalue weighted by atomic mass is 10.2. The number of rotatable bonds is 2. The molecule has 0 aliphatic carbocycles. The number of aromatic nitrogens is 1. The van der Waals surface area contributed by atoms with Crippen molar-refractivity contribution >= 4 is 18.1 Å². The summed E-state index contributed by atoms with van der Waals surface area (Å²) in [6.07, 6.45) is 5.18. The van der Waals surface area contributed by atoms with Crippen LogP contribution in [-0.2, 0) is 0 Å². The van der Waals surface area contributed by atoms with Gasteiger partial charge in [-0.3, -0.25) is 0 Å². The normalized spacial score (nSPS) is 10.3. The van der Waals surface area contributed by atoms with E-state index in [0.717, 1.165) is 11.4 Å². The van der Waals surface area contributed by atoms with Gasteiger partial charge in [0.2, 0.25) is 0 Å². The summed E-state index contributed by atoms with van der Waals surface area (Å²) in [5.41, 5.74) is 0.964. The molecule has 0 unspecified atom stereocenters. The lowest BCUT2D eigenvalue weighted by molar-refractivity contribution is 1.27. The maximum atomic E-state index is 4.07. The monoisotopic (exact) mass is 146 g/mol. The van der Waals surface area contributed by atoms with Crippen LogP contribution >= 0.6 is 0 Å². The molecule has 0 spiro atoms. The van der Waals surface area contributed by atoms with Crippen molar-refractivity contribution in [1.82, 2.24) is 4.98 Å². The molecule has 0 aromatic carbocycles. The fraction of sp³-hybridized carbons (Fsp3) is 0.111. The predicted octanol–water partition coefficient (Wildman–Crippen LogP) is 2.45. The van der Waals surface area contributed by atoms with Gasteiger partial charge in [-0.2, -0.15) is 0 Å². The van der Waals surface area contributed by atoms with Crippen LogP contribution < -0.4 is 0 Å². The molecule has 0 amide bonds. The van der Waals surface area contributed by atoms with E-state index in [1.807, 2.05) is 19.1 Å². The number of aliphatic imine (C=N–C) groups is 1. The summed E-state index contributed by atoms with van der Waals surface area (Å²) >= 11 is 0. The Labute approximate surface area is 66.3 Å². The van der Waals surface area contributed by atoms with Crippen molar-refractivity contribution in [2.45, 2.75) is 6.92 Å². The van der Waals surface area contributed by atoms with E-state index in [2.05, 4.69) is 16.6 Å². The highest BCUT2D eigenvalue weighted by Gasteiger charge is 1.93. The topological polar surface area (TPSA) is 25.2 Å². The molecule has 0 bridgehead atoms. The summed E-state index contributed by atoms with van der Waals surface area (Å²) < 4.78 is 0. The molecule has 0 atom stereocenters. The Morgan fingerprint density at radius 3 is 3.09 bits per heavy atom. The van der Waals surface area contributed by atoms with Gasteiger partial charge in [-0.1, -0.05) is 12.7 Å². The Bertz CT molecular complexity index is 277. The molecule has 0 saturated carbocycles. The fourth-order valence-corrected chi connectivity index (χ4v) is 0.799. The maximum Gasteiger partial charge on any atom is 0.158 e. The van der Waals surface area contributed by atoms with E-state index in [9.17, 15) is 0 Å². The van der Waals surface area contributed by atoms with Crippen molar-refractivity contribution in [2.24, 2.45) is 4.99 Å². The van der Waals surface area contributed by atoms with Crippen molar-refractivity contribution in [3.8, 4) is 0 Å². The van der Waals surface area contributed by atoms with Crippen LogP contribution in [0.15, 0.2) is 29.9 Å². The quantitative estimate of drug-likeness (QED) is 0.588. The second-order valence-electron chi connectivity index (χ2n) is 2.01. The molecule has 2 heteroatoms. The van der Waals surface area contributed by atoms with Gasteiger partial charge in [0.1, 0.15) is 0 Å². The first-order valence-electron chi connectivity index (χ1n) is 3.44. The molecule has 1 aromatic heterocycles. The van der Waals surface area contributed by atoms with Crippen molar-refractivity contribution < 1.29 is 0 Å². The van der Waals surface area contributed by atoms with Gasteiger partial charge in [0.05, 0.1) is 0 Å². The Kier molecular flexibility index (Phi) is 2.55. The van der Waals surface area contributed by atoms with Gasteiger partial charge in [0.25, 0.3) is 0 Å². The van der Waals surface area contributed by atoms with Crippen LogP contribution in [0.4, 0.5) is 5.82 Å². The van der Waals surface area contributed by atoms with Crippen LogP contribution in [0, 0.1) is 0 Å². The predicted molar refractivity (Wildman–Crippen MR) is 48.2 cm³/mol. The molecule has 0 saturated heterocycles. The smallest absolute Gasteiger partial charge is 0.158 e. The Hall–Kier alpha value is -1.44. The molecule has 0 aliphatic heterocycles. The zero-order chi connectivity index (χ0) is 8.10. The van der Waals surface area contributed by atoms with E-state index in [1.165, 1.54) is 0 Å². The van der Waals surface area contributed by atoms with Gasteiger partial charge in [0.15, 0.2) is 5.82 Å². The van der Waals surface area contributed by atoms with E-state index >= 15 is 0 Å². The summed E-state index contributed by atoms with van der Waals surface area (Å²) in [4.78, 5) is 8.14. The molecule has 2 nitrogen and oxygen atoms in total. The van der Waals surface area contributed by atoms with Crippen molar-refractivity contribution in [2.75, 3.05) is 0 Å². The van der Waals surface area contributed by atoms with E-state index < -0.39 is 0 Å². The number of hydrogen-bond donors (Lipinski definition) is 0. The van der Waals surface area contributed by atoms with Crippen LogP contribution in [0.3, 0.4) is 0 Å². The zero-order valence-corrected chi connectivity index (χ0v) is 6.49. The minimum absolute atomic E-state index is 0.727. The average Bonchev–Trinajstić information content (AvgIpc) is 2.06. The third-order valence-electron chi connectivity index (χ3n) is 1.29. The van der Waals surface area contributed by atoms with Gasteiger partial charge in [0, 0.05) is 18.0 Å². The van der Waals surface area contributed by atoms with Gasteiger partial charge < -0.3 is 0 Å². The third-order valence-corrected chi connectivity index (χ3v) is 1.29. The molecule has 1 heterocycles. The van der Waals surface area contributed by atoms with Gasteiger partial charge in [-0.15, -0.1) is 0 Å². The summed E-state index contributed by atoms with van der Waals surface area (Å²) in [5.74, 6) is 0.727. The first-order chi connectivity index (χ1) is 5.38. The first kappa shape index (κ1) is 7.66.